The number of carbonyl (C=O) groups is 4. The van der Waals surface area contributed by atoms with E-state index in [0.29, 0.717) is 22.0 Å². The van der Waals surface area contributed by atoms with Gasteiger partial charge in [-0.2, -0.15) is 0 Å². The summed E-state index contributed by atoms with van der Waals surface area (Å²) in [6.45, 7) is 0.162. The number of rotatable bonds is 9. The molecule has 172 valence electrons. The zero-order valence-electron chi connectivity index (χ0n) is 17.1. The van der Waals surface area contributed by atoms with Crippen LogP contribution in [-0.2, 0) is 31.0 Å². The SMILES string of the molecule is Cn1nnnc1SCC1=C(C(=O)[O-])N2C(=O)[C@@H](NC(=O)C(OC=O)c3ccccc3)[C@H]2SC1. The Balaban J connectivity index is 1.48. The van der Waals surface area contributed by atoms with Crippen molar-refractivity contribution in [2.45, 2.75) is 22.7 Å². The molecule has 0 aliphatic carbocycles. The van der Waals surface area contributed by atoms with Crippen LogP contribution in [-0.4, -0.2) is 72.3 Å². The van der Waals surface area contributed by atoms with Gasteiger partial charge in [-0.05, 0) is 16.0 Å². The number of amides is 2. The van der Waals surface area contributed by atoms with Gasteiger partial charge in [0.05, 0.1) is 11.7 Å². The summed E-state index contributed by atoms with van der Waals surface area (Å²) in [6, 6.07) is 7.39. The van der Waals surface area contributed by atoms with Crippen LogP contribution in [0.15, 0.2) is 46.8 Å². The van der Waals surface area contributed by atoms with Crippen molar-refractivity contribution < 1.29 is 29.0 Å². The van der Waals surface area contributed by atoms with E-state index in [1.54, 1.807) is 37.4 Å². The normalized spacial score (nSPS) is 20.5. The molecule has 3 heterocycles. The molecule has 0 saturated carbocycles. The van der Waals surface area contributed by atoms with Gasteiger partial charge in [-0.3, -0.25) is 19.3 Å². The van der Waals surface area contributed by atoms with Crippen LogP contribution in [0.5, 0.6) is 0 Å². The molecule has 1 saturated heterocycles. The number of fused-ring (bicyclic) bond motifs is 1. The van der Waals surface area contributed by atoms with Gasteiger partial charge in [-0.15, -0.1) is 16.9 Å². The third kappa shape index (κ3) is 4.43. The van der Waals surface area contributed by atoms with Crippen molar-refractivity contribution in [3.8, 4) is 0 Å². The fourth-order valence-corrected chi connectivity index (χ4v) is 5.82. The van der Waals surface area contributed by atoms with E-state index >= 15 is 0 Å². The van der Waals surface area contributed by atoms with Gasteiger partial charge < -0.3 is 20.0 Å². The minimum absolute atomic E-state index is 0.162. The predicted octanol–water partition coefficient (Wildman–Crippen LogP) is -1.38. The second kappa shape index (κ2) is 9.62. The Morgan fingerprint density at radius 1 is 1.39 bits per heavy atom. The largest absolute Gasteiger partial charge is 0.543 e. The first-order valence-corrected chi connectivity index (χ1v) is 11.6. The van der Waals surface area contributed by atoms with Crippen LogP contribution in [0.25, 0.3) is 0 Å². The number of aliphatic carboxylic acids is 1. The van der Waals surface area contributed by atoms with Crippen LogP contribution < -0.4 is 10.4 Å². The van der Waals surface area contributed by atoms with E-state index in [1.165, 1.54) is 28.2 Å². The van der Waals surface area contributed by atoms with Crippen molar-refractivity contribution in [3.63, 3.8) is 0 Å². The molecule has 2 amide bonds. The maximum atomic E-state index is 12.8. The number of aryl methyl sites for hydroxylation is 1. The molecule has 14 heteroatoms. The number of carboxylic acid groups (broad SMARTS) is 1. The van der Waals surface area contributed by atoms with Crippen molar-refractivity contribution in [3.05, 3.63) is 47.2 Å². The van der Waals surface area contributed by atoms with Gasteiger partial charge in [0.2, 0.25) is 11.3 Å². The summed E-state index contributed by atoms with van der Waals surface area (Å²) in [5.74, 6) is -2.17. The van der Waals surface area contributed by atoms with Gasteiger partial charge in [-0.1, -0.05) is 42.1 Å². The number of nitrogens with zero attached hydrogens (tertiary/aromatic N) is 5. The van der Waals surface area contributed by atoms with E-state index in [9.17, 15) is 24.3 Å². The van der Waals surface area contributed by atoms with Crippen molar-refractivity contribution in [1.29, 1.82) is 0 Å². The molecule has 0 radical (unpaired) electrons. The Kier molecular flexibility index (Phi) is 6.65. The van der Waals surface area contributed by atoms with E-state index in [1.807, 2.05) is 0 Å². The number of hydrogen-bond acceptors (Lipinski definition) is 11. The number of hydrogen-bond donors (Lipinski definition) is 1. The van der Waals surface area contributed by atoms with Gasteiger partial charge in [0, 0.05) is 24.1 Å². The zero-order valence-corrected chi connectivity index (χ0v) is 18.7. The van der Waals surface area contributed by atoms with Crippen LogP contribution in [0.2, 0.25) is 0 Å². The zero-order chi connectivity index (χ0) is 23.5. The average molecular weight is 490 g/mol. The summed E-state index contributed by atoms with van der Waals surface area (Å²) in [7, 11) is 1.66. The lowest BCUT2D eigenvalue weighted by atomic mass is 10.0. The Morgan fingerprint density at radius 2 is 2.15 bits per heavy atom. The molecule has 2 aromatic rings. The number of tetrazole rings is 1. The monoisotopic (exact) mass is 489 g/mol. The van der Waals surface area contributed by atoms with E-state index in [2.05, 4.69) is 20.8 Å². The second-order valence-electron chi connectivity index (χ2n) is 7.03. The molecule has 1 N–H and O–H groups in total. The highest BCUT2D eigenvalue weighted by molar-refractivity contribution is 8.01. The van der Waals surface area contributed by atoms with Gasteiger partial charge >= 0.3 is 0 Å². The third-order valence-electron chi connectivity index (χ3n) is 5.03. The minimum Gasteiger partial charge on any atom is -0.543 e. The lowest BCUT2D eigenvalue weighted by Crippen LogP contribution is -2.71. The Morgan fingerprint density at radius 3 is 2.79 bits per heavy atom. The standard InChI is InChI=1S/C19H18N6O6S2/c1-24-19(21-22-23-24)33-8-11-7-32-17-12(16(28)25(17)13(11)18(29)30)20-15(27)14(31-9-26)10-5-3-2-4-6-10/h2-6,9,12,14,17H,7-8H2,1H3,(H,20,27)(H,29,30)/p-1/t12-,14?,17-/m1/s1. The average Bonchev–Trinajstić information content (AvgIpc) is 3.23. The number of ether oxygens (including phenoxy) is 1. The Hall–Kier alpha value is -3.39. The maximum Gasteiger partial charge on any atom is 0.294 e. The highest BCUT2D eigenvalue weighted by Crippen LogP contribution is 2.41. The van der Waals surface area contributed by atoms with Gasteiger partial charge in [0.15, 0.2) is 0 Å². The molecule has 0 bridgehead atoms. The molecule has 12 nitrogen and oxygen atoms in total. The first-order chi connectivity index (χ1) is 15.9. The molecule has 0 spiro atoms. The summed E-state index contributed by atoms with van der Waals surface area (Å²) in [6.07, 6.45) is -1.23. The number of carboxylic acids is 1. The molecule has 33 heavy (non-hydrogen) atoms. The summed E-state index contributed by atoms with van der Waals surface area (Å²) in [4.78, 5) is 49.5. The summed E-state index contributed by atoms with van der Waals surface area (Å²) in [5.41, 5.74) is 0.726. The van der Waals surface area contributed by atoms with E-state index in [0.717, 1.165) is 4.90 Å². The van der Waals surface area contributed by atoms with Gasteiger partial charge in [0.25, 0.3) is 18.3 Å². The van der Waals surface area contributed by atoms with E-state index in [-0.39, 0.29) is 17.9 Å². The van der Waals surface area contributed by atoms with Crippen LogP contribution in [0, 0.1) is 0 Å². The molecule has 2 aliphatic rings. The molecule has 1 fully saturated rings. The molecule has 1 aromatic heterocycles. The Labute approximate surface area is 195 Å². The number of aromatic nitrogens is 4. The van der Waals surface area contributed by atoms with Gasteiger partial charge in [-0.25, -0.2) is 4.68 Å². The third-order valence-corrected chi connectivity index (χ3v) is 7.46. The number of nitrogens with one attached hydrogen (secondary N) is 1. The number of benzene rings is 1. The topological polar surface area (TPSA) is 159 Å². The van der Waals surface area contributed by atoms with E-state index < -0.39 is 35.3 Å². The van der Waals surface area contributed by atoms with Crippen molar-refractivity contribution >= 4 is 47.8 Å². The molecular weight excluding hydrogens is 472 g/mol. The fraction of sp³-hybridized carbons (Fsp3) is 0.316. The predicted molar refractivity (Wildman–Crippen MR) is 113 cm³/mol. The van der Waals surface area contributed by atoms with Crippen LogP contribution >= 0.6 is 23.5 Å². The fourth-order valence-electron chi connectivity index (χ4n) is 3.48. The number of thioether (sulfide) groups is 2. The quantitative estimate of drug-likeness (QED) is 0.251. The summed E-state index contributed by atoms with van der Waals surface area (Å²) < 4.78 is 6.38. The first kappa shape index (κ1) is 22.8. The van der Waals surface area contributed by atoms with Crippen molar-refractivity contribution in [2.75, 3.05) is 11.5 Å². The second-order valence-corrected chi connectivity index (χ2v) is 9.08. The maximum absolute atomic E-state index is 12.8. The number of β-lactam (4-membered cyclic amide) rings is 1. The highest BCUT2D eigenvalue weighted by Gasteiger charge is 2.53. The lowest BCUT2D eigenvalue weighted by Gasteiger charge is -2.51. The van der Waals surface area contributed by atoms with Gasteiger partial charge in [0.1, 0.15) is 11.4 Å². The molecular formula is C19H17N6O6S2-. The molecule has 1 aromatic carbocycles. The van der Waals surface area contributed by atoms with Crippen molar-refractivity contribution in [1.82, 2.24) is 30.4 Å². The van der Waals surface area contributed by atoms with Crippen molar-refractivity contribution in [2.24, 2.45) is 7.05 Å². The smallest absolute Gasteiger partial charge is 0.294 e. The molecule has 4 rings (SSSR count). The van der Waals surface area contributed by atoms with Crippen LogP contribution in [0.1, 0.15) is 11.7 Å². The molecule has 1 unspecified atom stereocenters. The highest BCUT2D eigenvalue weighted by atomic mass is 32.2. The van der Waals surface area contributed by atoms with E-state index in [4.69, 9.17) is 4.74 Å². The Bertz CT molecular complexity index is 1120. The molecule has 2 aliphatic heterocycles. The van der Waals surface area contributed by atoms with Crippen LogP contribution in [0.4, 0.5) is 0 Å². The molecule has 3 atom stereocenters. The number of carbonyl (C=O) groups excluding carboxylic acids is 4. The summed E-state index contributed by atoms with van der Waals surface area (Å²) in [5, 5.41) is 25.4. The first-order valence-electron chi connectivity index (χ1n) is 9.60. The van der Waals surface area contributed by atoms with Crippen LogP contribution in [0.3, 0.4) is 0 Å². The lowest BCUT2D eigenvalue weighted by molar-refractivity contribution is -0.301. The minimum atomic E-state index is -1.48. The summed E-state index contributed by atoms with van der Waals surface area (Å²) >= 11 is 2.55.